The molecule has 0 amide bonds. The van der Waals surface area contributed by atoms with E-state index in [9.17, 15) is 55.2 Å². The molecule has 1 nitrogen and oxygen atoms in total. The van der Waals surface area contributed by atoms with Crippen LogP contribution in [0.2, 0.25) is 0 Å². The second-order valence-electron chi connectivity index (χ2n) is 4.20. The Balaban J connectivity index is 5.51. The summed E-state index contributed by atoms with van der Waals surface area (Å²) in [6.45, 7) is 0. The SMILES string of the molecule is FOC(C(F)(F)C(F)(F)C(F)CCCC(F)(F)F)=S(F)(F)(F)F. The van der Waals surface area contributed by atoms with Crippen LogP contribution in [0.1, 0.15) is 19.3 Å². The monoisotopic (exact) mass is 398 g/mol. The summed E-state index contributed by atoms with van der Waals surface area (Å²) in [4.78, 5) is 1.47. The van der Waals surface area contributed by atoms with Crippen molar-refractivity contribution >= 4 is 15.3 Å². The van der Waals surface area contributed by atoms with Gasteiger partial charge in [0.1, 0.15) is 0 Å². The summed E-state index contributed by atoms with van der Waals surface area (Å²) in [6, 6.07) is 0. The van der Waals surface area contributed by atoms with Gasteiger partial charge >= 0.3 is 28.3 Å². The minimum Gasteiger partial charge on any atom is -0.241 e. The Morgan fingerprint density at radius 3 is 1.65 bits per heavy atom. The van der Waals surface area contributed by atoms with Gasteiger partial charge in [0.25, 0.3) is 5.05 Å². The highest BCUT2D eigenvalue weighted by Gasteiger charge is 2.70. The van der Waals surface area contributed by atoms with E-state index < -0.39 is 58.8 Å². The van der Waals surface area contributed by atoms with Crippen molar-refractivity contribution in [3.8, 4) is 0 Å². The van der Waals surface area contributed by atoms with Gasteiger partial charge in [-0.05, 0) is 17.4 Å². The average molecular weight is 398 g/mol. The van der Waals surface area contributed by atoms with Crippen LogP contribution in [-0.2, 0) is 4.94 Å². The molecular weight excluding hydrogens is 391 g/mol. The first-order valence-corrected chi connectivity index (χ1v) is 6.91. The van der Waals surface area contributed by atoms with Crippen LogP contribution in [0.5, 0.6) is 0 Å². The molecule has 0 rings (SSSR count). The van der Waals surface area contributed by atoms with Crippen molar-refractivity contribution in [2.45, 2.75) is 43.5 Å². The van der Waals surface area contributed by atoms with Crippen LogP contribution in [0.4, 0.5) is 55.2 Å². The molecule has 23 heavy (non-hydrogen) atoms. The summed E-state index contributed by atoms with van der Waals surface area (Å²) in [5.74, 6) is -13.2. The topological polar surface area (TPSA) is 9.23 Å². The molecule has 0 radical (unpaired) electrons. The van der Waals surface area contributed by atoms with Gasteiger partial charge in [-0.1, -0.05) is 0 Å². The fourth-order valence-electron chi connectivity index (χ4n) is 1.29. The summed E-state index contributed by atoms with van der Waals surface area (Å²) in [5.41, 5.74) is 0. The molecule has 0 heterocycles. The Morgan fingerprint density at radius 2 is 1.35 bits per heavy atom. The Bertz CT molecular complexity index is 465. The maximum Gasteiger partial charge on any atom is 0.389 e. The van der Waals surface area contributed by atoms with Gasteiger partial charge in [-0.3, -0.25) is 0 Å². The molecule has 0 aromatic carbocycles. The maximum atomic E-state index is 13.0. The lowest BCUT2D eigenvalue weighted by Crippen LogP contribution is -2.53. The second-order valence-corrected chi connectivity index (χ2v) is 5.88. The lowest BCUT2D eigenvalue weighted by Gasteiger charge is -2.30. The van der Waals surface area contributed by atoms with Crippen molar-refractivity contribution in [1.29, 1.82) is 0 Å². The molecule has 0 N–H and O–H groups in total. The second kappa shape index (κ2) is 6.29. The van der Waals surface area contributed by atoms with E-state index in [-0.39, 0.29) is 0 Å². The summed E-state index contributed by atoms with van der Waals surface area (Å²) in [6.07, 6.45) is -14.5. The Labute approximate surface area is 120 Å². The van der Waals surface area contributed by atoms with Gasteiger partial charge in [0.15, 0.2) is 6.17 Å². The van der Waals surface area contributed by atoms with Gasteiger partial charge in [0.05, 0.1) is 0 Å². The molecule has 1 atom stereocenters. The van der Waals surface area contributed by atoms with Gasteiger partial charge in [-0.25, -0.2) is 4.39 Å². The van der Waals surface area contributed by atoms with E-state index in [4.69, 9.17) is 0 Å². The molecule has 0 bridgehead atoms. The van der Waals surface area contributed by atoms with Crippen molar-refractivity contribution < 1.29 is 60.1 Å². The molecular formula is C8H7F13OS. The van der Waals surface area contributed by atoms with Crippen LogP contribution >= 0.6 is 10.3 Å². The Hall–Kier alpha value is -0.730. The van der Waals surface area contributed by atoms with Crippen LogP contribution in [0.25, 0.3) is 0 Å². The minimum atomic E-state index is -9.61. The molecule has 0 aromatic heterocycles. The first-order valence-electron chi connectivity index (χ1n) is 5.27. The van der Waals surface area contributed by atoms with E-state index in [1.807, 2.05) is 0 Å². The zero-order valence-electron chi connectivity index (χ0n) is 10.4. The highest BCUT2D eigenvalue weighted by Crippen LogP contribution is 2.70. The number of hydrogen-bond donors (Lipinski definition) is 0. The van der Waals surface area contributed by atoms with Gasteiger partial charge in [0.2, 0.25) is 0 Å². The van der Waals surface area contributed by atoms with E-state index >= 15 is 0 Å². The maximum absolute atomic E-state index is 13.0. The highest BCUT2D eigenvalue weighted by molar-refractivity contribution is 8.32. The molecule has 0 aliphatic carbocycles. The zero-order valence-corrected chi connectivity index (χ0v) is 11.2. The first kappa shape index (κ1) is 22.3. The van der Waals surface area contributed by atoms with Gasteiger partial charge in [0, 0.05) is 6.42 Å². The normalized spacial score (nSPS) is 17.5. The molecule has 0 fully saturated rings. The molecule has 0 spiro atoms. The van der Waals surface area contributed by atoms with Crippen LogP contribution in [0.15, 0.2) is 0 Å². The van der Waals surface area contributed by atoms with Gasteiger partial charge in [-0.2, -0.15) is 30.7 Å². The lowest BCUT2D eigenvalue weighted by molar-refractivity contribution is -0.219. The fraction of sp³-hybridized carbons (Fsp3) is 0.875. The van der Waals surface area contributed by atoms with Crippen LogP contribution in [0.3, 0.4) is 0 Å². The molecule has 0 saturated carbocycles. The highest BCUT2D eigenvalue weighted by atomic mass is 32.4. The number of hydrogen-bond acceptors (Lipinski definition) is 1. The van der Waals surface area contributed by atoms with E-state index in [2.05, 4.69) is 0 Å². The Morgan fingerprint density at radius 1 is 0.913 bits per heavy atom. The quantitative estimate of drug-likeness (QED) is 0.380. The predicted octanol–water partition coefficient (Wildman–Crippen LogP) is 6.24. The molecule has 1 unspecified atom stereocenters. The van der Waals surface area contributed by atoms with Crippen LogP contribution in [-0.4, -0.2) is 29.2 Å². The summed E-state index contributed by atoms with van der Waals surface area (Å²) < 4.78 is 160. The molecule has 142 valence electrons. The predicted molar refractivity (Wildman–Crippen MR) is 53.9 cm³/mol. The number of alkyl halides is 8. The summed E-state index contributed by atoms with van der Waals surface area (Å²) in [7, 11) is -9.61. The third kappa shape index (κ3) is 5.69. The third-order valence-corrected chi connectivity index (χ3v) is 3.22. The molecule has 0 aliphatic rings. The van der Waals surface area contributed by atoms with Crippen LogP contribution in [0, 0.1) is 0 Å². The first-order chi connectivity index (χ1) is 9.83. The molecule has 0 aliphatic heterocycles. The average Bonchev–Trinajstić information content (AvgIpc) is 2.23. The van der Waals surface area contributed by atoms with Crippen molar-refractivity contribution in [3.63, 3.8) is 0 Å². The summed E-state index contributed by atoms with van der Waals surface area (Å²) >= 11 is 0. The van der Waals surface area contributed by atoms with E-state index in [0.717, 1.165) is 0 Å². The minimum absolute atomic E-state index is 1.47. The van der Waals surface area contributed by atoms with Crippen molar-refractivity contribution in [1.82, 2.24) is 0 Å². The zero-order chi connectivity index (χ0) is 18.9. The fourth-order valence-corrected chi connectivity index (χ4v) is 1.90. The molecule has 15 heteroatoms. The van der Waals surface area contributed by atoms with E-state index in [1.165, 1.54) is 4.94 Å². The van der Waals surface area contributed by atoms with Crippen molar-refractivity contribution in [3.05, 3.63) is 0 Å². The number of halogens is 13. The van der Waals surface area contributed by atoms with E-state index in [1.54, 1.807) is 0 Å². The van der Waals surface area contributed by atoms with Gasteiger partial charge < -0.3 is 0 Å². The molecule has 0 aromatic rings. The Kier molecular flexibility index (Phi) is 6.09. The third-order valence-electron chi connectivity index (χ3n) is 2.34. The van der Waals surface area contributed by atoms with Gasteiger partial charge in [-0.15, -0.1) is 20.5 Å². The number of rotatable bonds is 6. The van der Waals surface area contributed by atoms with E-state index in [0.29, 0.717) is 0 Å². The summed E-state index contributed by atoms with van der Waals surface area (Å²) in [5, 5.41) is -4.57. The smallest absolute Gasteiger partial charge is 0.241 e. The largest absolute Gasteiger partial charge is 0.389 e. The standard InChI is InChI=1S/C8H7F13OS/c9-4(2-1-3-6(10,11)12)7(13,14)8(15,16)5(22-17)23(18,19,20)21/h4H,1-3H2. The van der Waals surface area contributed by atoms with Crippen LogP contribution < -0.4 is 0 Å². The lowest BCUT2D eigenvalue weighted by atomic mass is 10.0. The van der Waals surface area contributed by atoms with Crippen molar-refractivity contribution in [2.75, 3.05) is 0 Å². The van der Waals surface area contributed by atoms with Crippen molar-refractivity contribution in [2.24, 2.45) is 0 Å². The molecule has 0 saturated heterocycles.